The maximum atomic E-state index is 11.9. The van der Waals surface area contributed by atoms with Gasteiger partial charge in [0.15, 0.2) is 0 Å². The third-order valence-corrected chi connectivity index (χ3v) is 4.34. The molecule has 1 aromatic carbocycles. The van der Waals surface area contributed by atoms with Gasteiger partial charge in [-0.05, 0) is 47.7 Å². The highest BCUT2D eigenvalue weighted by atomic mass is 79.9. The second kappa shape index (κ2) is 7.07. The number of thioether (sulfide) groups is 1. The van der Waals surface area contributed by atoms with E-state index in [1.54, 1.807) is 0 Å². The molecule has 94 valence electrons. The number of hydrogen-bond donors (Lipinski definition) is 1. The molecule has 1 aromatic rings. The summed E-state index contributed by atoms with van der Waals surface area (Å²) in [7, 11) is 0. The van der Waals surface area contributed by atoms with Crippen LogP contribution in [0.3, 0.4) is 0 Å². The minimum absolute atomic E-state index is 0.00567. The van der Waals surface area contributed by atoms with Crippen LogP contribution in [-0.4, -0.2) is 24.0 Å². The lowest BCUT2D eigenvalue weighted by molar-refractivity contribution is 0.0952. The molecule has 0 heterocycles. The van der Waals surface area contributed by atoms with E-state index in [1.165, 1.54) is 0 Å². The Balaban J connectivity index is 2.55. The fourth-order valence-electron chi connectivity index (χ4n) is 1.42. The van der Waals surface area contributed by atoms with Crippen molar-refractivity contribution >= 4 is 33.6 Å². The molecule has 1 amide bonds. The van der Waals surface area contributed by atoms with Crippen LogP contribution in [0.2, 0.25) is 0 Å². The molecule has 17 heavy (non-hydrogen) atoms. The average molecular weight is 316 g/mol. The first kappa shape index (κ1) is 14.6. The van der Waals surface area contributed by atoms with Gasteiger partial charge >= 0.3 is 0 Å². The van der Waals surface area contributed by atoms with Gasteiger partial charge in [0.25, 0.3) is 5.91 Å². The van der Waals surface area contributed by atoms with Crippen LogP contribution in [0.1, 0.15) is 29.3 Å². The van der Waals surface area contributed by atoms with E-state index in [4.69, 9.17) is 0 Å². The summed E-state index contributed by atoms with van der Waals surface area (Å²) in [6.07, 6.45) is 3.08. The van der Waals surface area contributed by atoms with Gasteiger partial charge in [0.2, 0.25) is 0 Å². The maximum absolute atomic E-state index is 11.9. The number of carbonyl (C=O) groups is 1. The van der Waals surface area contributed by atoms with Crippen LogP contribution >= 0.6 is 27.7 Å². The lowest BCUT2D eigenvalue weighted by Crippen LogP contribution is -2.26. The molecule has 1 atom stereocenters. The van der Waals surface area contributed by atoms with Crippen molar-refractivity contribution in [3.05, 3.63) is 33.8 Å². The fraction of sp³-hybridized carbons (Fsp3) is 0.462. The van der Waals surface area contributed by atoms with Gasteiger partial charge in [-0.2, -0.15) is 11.8 Å². The monoisotopic (exact) mass is 315 g/mol. The third-order valence-electron chi connectivity index (χ3n) is 2.61. The number of aryl methyl sites for hydroxylation is 1. The molecule has 0 fully saturated rings. The van der Waals surface area contributed by atoms with Crippen molar-refractivity contribution in [3.63, 3.8) is 0 Å². The molecule has 1 unspecified atom stereocenters. The van der Waals surface area contributed by atoms with Crippen molar-refractivity contribution in [1.82, 2.24) is 5.32 Å². The molecule has 0 aromatic heterocycles. The molecular weight excluding hydrogens is 298 g/mol. The Morgan fingerprint density at radius 1 is 1.53 bits per heavy atom. The summed E-state index contributed by atoms with van der Waals surface area (Å²) in [6.45, 7) is 4.87. The highest BCUT2D eigenvalue weighted by Gasteiger charge is 2.10. The summed E-state index contributed by atoms with van der Waals surface area (Å²) >= 11 is 5.22. The van der Waals surface area contributed by atoms with Crippen LogP contribution in [-0.2, 0) is 0 Å². The molecule has 0 spiro atoms. The van der Waals surface area contributed by atoms with E-state index in [9.17, 15) is 4.79 Å². The minimum Gasteiger partial charge on any atom is -0.352 e. The molecule has 1 N–H and O–H groups in total. The molecule has 0 radical (unpaired) electrons. The molecule has 4 heteroatoms. The smallest absolute Gasteiger partial charge is 0.252 e. The van der Waals surface area contributed by atoms with Crippen molar-refractivity contribution in [2.75, 3.05) is 12.8 Å². The Hall–Kier alpha value is -0.480. The van der Waals surface area contributed by atoms with Gasteiger partial charge < -0.3 is 5.32 Å². The van der Waals surface area contributed by atoms with Crippen LogP contribution in [0.15, 0.2) is 22.7 Å². The Morgan fingerprint density at radius 2 is 2.24 bits per heavy atom. The Bertz CT molecular complexity index is 395. The van der Waals surface area contributed by atoms with Crippen molar-refractivity contribution in [2.24, 2.45) is 0 Å². The third kappa shape index (κ3) is 4.72. The van der Waals surface area contributed by atoms with Crippen LogP contribution < -0.4 is 5.32 Å². The molecule has 2 nitrogen and oxygen atoms in total. The number of nitrogens with one attached hydrogen (secondary N) is 1. The van der Waals surface area contributed by atoms with Gasteiger partial charge in [0.05, 0.1) is 5.56 Å². The van der Waals surface area contributed by atoms with Crippen LogP contribution in [0.4, 0.5) is 0 Å². The number of benzene rings is 1. The predicted molar refractivity (Wildman–Crippen MR) is 78.8 cm³/mol. The summed E-state index contributed by atoms with van der Waals surface area (Å²) in [6, 6.07) is 5.79. The summed E-state index contributed by atoms with van der Waals surface area (Å²) < 4.78 is 0.846. The highest BCUT2D eigenvalue weighted by molar-refractivity contribution is 9.10. The van der Waals surface area contributed by atoms with Crippen LogP contribution in [0.5, 0.6) is 0 Å². The zero-order valence-electron chi connectivity index (χ0n) is 10.4. The van der Waals surface area contributed by atoms with E-state index in [1.807, 2.05) is 36.9 Å². The van der Waals surface area contributed by atoms with Crippen molar-refractivity contribution in [2.45, 2.75) is 25.5 Å². The van der Waals surface area contributed by atoms with Gasteiger partial charge in [-0.15, -0.1) is 0 Å². The van der Waals surface area contributed by atoms with E-state index in [0.717, 1.165) is 23.0 Å². The van der Waals surface area contributed by atoms with E-state index in [-0.39, 0.29) is 5.91 Å². The number of amides is 1. The highest BCUT2D eigenvalue weighted by Crippen LogP contribution is 2.18. The molecule has 0 aliphatic heterocycles. The summed E-state index contributed by atoms with van der Waals surface area (Å²) in [4.78, 5) is 11.9. The zero-order chi connectivity index (χ0) is 12.8. The number of halogens is 1. The number of carbonyl (C=O) groups excluding carboxylic acids is 1. The number of rotatable bonds is 5. The minimum atomic E-state index is -0.00567. The quantitative estimate of drug-likeness (QED) is 0.899. The van der Waals surface area contributed by atoms with Crippen molar-refractivity contribution in [3.8, 4) is 0 Å². The maximum Gasteiger partial charge on any atom is 0.252 e. The summed E-state index contributed by atoms with van der Waals surface area (Å²) in [5.41, 5.74) is 1.80. The van der Waals surface area contributed by atoms with Crippen molar-refractivity contribution < 1.29 is 4.79 Å². The lowest BCUT2D eigenvalue weighted by atomic mass is 10.1. The first-order valence-electron chi connectivity index (χ1n) is 5.61. The summed E-state index contributed by atoms with van der Waals surface area (Å²) in [5, 5.41) is 3.53. The van der Waals surface area contributed by atoms with Crippen molar-refractivity contribution in [1.29, 1.82) is 0 Å². The van der Waals surface area contributed by atoms with Crippen LogP contribution in [0, 0.1) is 6.92 Å². The standard InChI is InChI=1S/C13H18BrNOS/c1-9-4-5-12(14)11(8-9)13(16)15-7-6-10(2)17-3/h4-5,8,10H,6-7H2,1-3H3,(H,15,16). The fourth-order valence-corrected chi connectivity index (χ4v) is 2.20. The SMILES string of the molecule is CSC(C)CCNC(=O)c1cc(C)ccc1Br. The molecular formula is C13H18BrNOS. The normalized spacial score (nSPS) is 12.2. The van der Waals surface area contributed by atoms with Gasteiger partial charge in [-0.25, -0.2) is 0 Å². The Labute approximate surface area is 116 Å². The largest absolute Gasteiger partial charge is 0.352 e. The molecule has 0 saturated heterocycles. The topological polar surface area (TPSA) is 29.1 Å². The van der Waals surface area contributed by atoms with E-state index >= 15 is 0 Å². The first-order valence-corrected chi connectivity index (χ1v) is 7.70. The average Bonchev–Trinajstić information content (AvgIpc) is 2.31. The first-order chi connectivity index (χ1) is 8.04. The summed E-state index contributed by atoms with van der Waals surface area (Å²) in [5.74, 6) is -0.00567. The molecule has 1 rings (SSSR count). The van der Waals surface area contributed by atoms with Gasteiger partial charge in [-0.1, -0.05) is 18.6 Å². The Morgan fingerprint density at radius 3 is 2.88 bits per heavy atom. The van der Waals surface area contributed by atoms with E-state index in [0.29, 0.717) is 10.8 Å². The second-order valence-corrected chi connectivity index (χ2v) is 6.20. The van der Waals surface area contributed by atoms with E-state index in [2.05, 4.69) is 34.4 Å². The molecule has 0 bridgehead atoms. The van der Waals surface area contributed by atoms with Gasteiger partial charge in [0, 0.05) is 16.3 Å². The zero-order valence-corrected chi connectivity index (χ0v) is 12.8. The van der Waals surface area contributed by atoms with E-state index < -0.39 is 0 Å². The van der Waals surface area contributed by atoms with Crippen LogP contribution in [0.25, 0.3) is 0 Å². The van der Waals surface area contributed by atoms with Gasteiger partial charge in [0.1, 0.15) is 0 Å². The Kier molecular flexibility index (Phi) is 6.06. The second-order valence-electron chi connectivity index (χ2n) is 4.07. The van der Waals surface area contributed by atoms with Gasteiger partial charge in [-0.3, -0.25) is 4.79 Å². The lowest BCUT2D eigenvalue weighted by Gasteiger charge is -2.10. The predicted octanol–water partition coefficient (Wildman–Crippen LogP) is 3.63. The molecule has 0 aliphatic rings. The number of hydrogen-bond acceptors (Lipinski definition) is 2. The molecule has 0 saturated carbocycles. The molecule has 0 aliphatic carbocycles.